The summed E-state index contributed by atoms with van der Waals surface area (Å²) in [4.78, 5) is 28.5. The van der Waals surface area contributed by atoms with Gasteiger partial charge in [-0.15, -0.1) is 0 Å². The maximum atomic E-state index is 10.4. The topological polar surface area (TPSA) is 61.8 Å². The molecule has 0 aliphatic heterocycles. The zero-order valence-electron chi connectivity index (χ0n) is 6.32. The third kappa shape index (κ3) is 5.04. The number of rotatable bonds is 3. The normalized spacial score (nSPS) is 8.00. The molecule has 0 aliphatic carbocycles. The van der Waals surface area contributed by atoms with Gasteiger partial charge in [-0.2, -0.15) is 4.79 Å². The van der Waals surface area contributed by atoms with Crippen LogP contribution in [-0.2, 0) is 19.3 Å². The van der Waals surface area contributed by atoms with E-state index in [1.807, 2.05) is 0 Å². The van der Waals surface area contributed by atoms with Crippen LogP contribution in [0.5, 0.6) is 0 Å². The minimum atomic E-state index is -1.11. The van der Waals surface area contributed by atoms with E-state index in [4.69, 9.17) is 0 Å². The first-order valence-electron chi connectivity index (χ1n) is 2.99. The van der Waals surface area contributed by atoms with Crippen LogP contribution in [0.1, 0.15) is 0 Å². The summed E-state index contributed by atoms with van der Waals surface area (Å²) in [6, 6.07) is 0. The quantitative estimate of drug-likeness (QED) is 0.209. The lowest BCUT2D eigenvalue weighted by atomic mass is 10.7. The van der Waals surface area contributed by atoms with E-state index in [0.717, 1.165) is 6.08 Å². The van der Waals surface area contributed by atoms with Gasteiger partial charge in [0, 0.05) is 6.08 Å². The maximum absolute atomic E-state index is 10.4. The predicted octanol–water partition coefficient (Wildman–Crippen LogP) is 0.970. The van der Waals surface area contributed by atoms with Gasteiger partial charge < -0.3 is 4.74 Å². The lowest BCUT2D eigenvalue weighted by Gasteiger charge is -1.99. The fraction of sp³-hybridized carbons (Fsp3) is 0.143. The smallest absolute Gasteiger partial charge is 0.428 e. The summed E-state index contributed by atoms with van der Waals surface area (Å²) < 4.78 is 4.30. The van der Waals surface area contributed by atoms with Crippen LogP contribution in [0, 0.1) is 0 Å². The molecule has 0 spiro atoms. The number of hydrogen-bond acceptors (Lipinski definition) is 5. The van der Waals surface area contributed by atoms with Gasteiger partial charge in [0.25, 0.3) is 0 Å². The molecule has 0 aliphatic rings. The number of carbonyl (C=O) groups excluding carboxylic acids is 2. The molecule has 0 amide bonds. The molecule has 0 saturated carbocycles. The van der Waals surface area contributed by atoms with Crippen LogP contribution >= 0.6 is 0 Å². The molecule has 5 nitrogen and oxygen atoms in total. The molecule has 12 heavy (non-hydrogen) atoms. The molecule has 0 heterocycles. The average Bonchev–Trinajstić information content (AvgIpc) is 2.10. The number of ether oxygens (including phenoxy) is 1. The van der Waals surface area contributed by atoms with Crippen molar-refractivity contribution < 1.29 is 24.1 Å². The molecule has 0 saturated heterocycles. The first kappa shape index (κ1) is 10.2. The van der Waals surface area contributed by atoms with Gasteiger partial charge in [0.15, 0.2) is 0 Å². The summed E-state index contributed by atoms with van der Waals surface area (Å²) in [6.45, 7) is 6.36. The summed E-state index contributed by atoms with van der Waals surface area (Å²) in [7, 11) is 0. The van der Waals surface area contributed by atoms with Crippen LogP contribution in [0.4, 0.5) is 4.79 Å². The Morgan fingerprint density at radius 1 is 1.25 bits per heavy atom. The average molecular weight is 172 g/mol. The molecule has 66 valence electrons. The molecule has 0 radical (unpaired) electrons. The highest BCUT2D eigenvalue weighted by molar-refractivity contribution is 5.81. The Kier molecular flexibility index (Phi) is 5.08. The molecule has 0 aromatic heterocycles. The minimum absolute atomic E-state index is 0.00945. The lowest BCUT2D eigenvalue weighted by molar-refractivity contribution is -0.237. The van der Waals surface area contributed by atoms with Gasteiger partial charge in [-0.3, -0.25) is 0 Å². The van der Waals surface area contributed by atoms with Gasteiger partial charge in [-0.1, -0.05) is 19.2 Å². The summed E-state index contributed by atoms with van der Waals surface area (Å²) >= 11 is 0. The molecule has 0 atom stereocenters. The van der Waals surface area contributed by atoms with Crippen molar-refractivity contribution in [2.75, 3.05) is 6.61 Å². The maximum Gasteiger partial charge on any atom is 0.550 e. The molecule has 0 rings (SSSR count). The highest BCUT2D eigenvalue weighted by atomic mass is 17.2. The molecule has 5 heteroatoms. The van der Waals surface area contributed by atoms with Crippen LogP contribution in [0.3, 0.4) is 0 Å². The summed E-state index contributed by atoms with van der Waals surface area (Å²) in [5, 5.41) is 0. The summed E-state index contributed by atoms with van der Waals surface area (Å²) in [5.41, 5.74) is 0. The van der Waals surface area contributed by atoms with Crippen molar-refractivity contribution >= 4 is 12.1 Å². The lowest BCUT2D eigenvalue weighted by Crippen LogP contribution is -2.10. The van der Waals surface area contributed by atoms with Crippen LogP contribution < -0.4 is 0 Å². The Hall–Kier alpha value is -1.78. The SMILES string of the molecule is C=CCOC(=O)OOC(=O)C=C. The van der Waals surface area contributed by atoms with E-state index in [-0.39, 0.29) is 6.61 Å². The van der Waals surface area contributed by atoms with Gasteiger partial charge >= 0.3 is 12.1 Å². The molecule has 0 unspecified atom stereocenters. The van der Waals surface area contributed by atoms with Crippen molar-refractivity contribution in [3.63, 3.8) is 0 Å². The second kappa shape index (κ2) is 5.96. The first-order chi connectivity index (χ1) is 5.70. The van der Waals surface area contributed by atoms with Crippen molar-refractivity contribution in [3.8, 4) is 0 Å². The Bertz CT molecular complexity index is 196. The van der Waals surface area contributed by atoms with Crippen LogP contribution in [0.15, 0.2) is 25.3 Å². The zero-order chi connectivity index (χ0) is 9.40. The standard InChI is InChI=1S/C7H8O5/c1-3-5-10-7(9)12-11-6(8)4-2/h3-4H,1-2,5H2. The molecule has 0 bridgehead atoms. The summed E-state index contributed by atoms with van der Waals surface area (Å²) in [5.74, 6) is -0.870. The Balaban J connectivity index is 3.49. The monoisotopic (exact) mass is 172 g/mol. The zero-order valence-corrected chi connectivity index (χ0v) is 6.32. The predicted molar refractivity (Wildman–Crippen MR) is 38.9 cm³/mol. The highest BCUT2D eigenvalue weighted by Crippen LogP contribution is 1.88. The second-order valence-corrected chi connectivity index (χ2v) is 1.54. The van der Waals surface area contributed by atoms with Gasteiger partial charge in [-0.25, -0.2) is 14.6 Å². The van der Waals surface area contributed by atoms with E-state index in [1.165, 1.54) is 6.08 Å². The van der Waals surface area contributed by atoms with Crippen molar-refractivity contribution in [1.29, 1.82) is 0 Å². The second-order valence-electron chi connectivity index (χ2n) is 1.54. The van der Waals surface area contributed by atoms with Gasteiger partial charge in [0.1, 0.15) is 6.61 Å². The fourth-order valence-electron chi connectivity index (χ4n) is 0.260. The van der Waals surface area contributed by atoms with E-state index in [2.05, 4.69) is 27.7 Å². The molecule has 0 aromatic rings. The highest BCUT2D eigenvalue weighted by Gasteiger charge is 2.06. The minimum Gasteiger partial charge on any atom is -0.428 e. The Labute approximate surface area is 69.1 Å². The van der Waals surface area contributed by atoms with E-state index in [1.54, 1.807) is 0 Å². The van der Waals surface area contributed by atoms with Crippen LogP contribution in [0.25, 0.3) is 0 Å². The van der Waals surface area contributed by atoms with Crippen LogP contribution in [0.2, 0.25) is 0 Å². The van der Waals surface area contributed by atoms with Gasteiger partial charge in [-0.05, 0) is 0 Å². The molecule has 0 N–H and O–H groups in total. The first-order valence-corrected chi connectivity index (χ1v) is 2.99. The van der Waals surface area contributed by atoms with Crippen molar-refractivity contribution in [2.24, 2.45) is 0 Å². The van der Waals surface area contributed by atoms with Gasteiger partial charge in [0.05, 0.1) is 0 Å². The van der Waals surface area contributed by atoms with E-state index in [9.17, 15) is 9.59 Å². The van der Waals surface area contributed by atoms with E-state index < -0.39 is 12.1 Å². The van der Waals surface area contributed by atoms with Crippen molar-refractivity contribution in [3.05, 3.63) is 25.3 Å². The third-order valence-electron chi connectivity index (χ3n) is 0.678. The Morgan fingerprint density at radius 3 is 2.42 bits per heavy atom. The van der Waals surface area contributed by atoms with Crippen molar-refractivity contribution in [1.82, 2.24) is 0 Å². The molecule has 0 fully saturated rings. The molecular formula is C7H8O5. The van der Waals surface area contributed by atoms with Crippen LogP contribution in [-0.4, -0.2) is 18.7 Å². The third-order valence-corrected chi connectivity index (χ3v) is 0.678. The summed E-state index contributed by atoms with van der Waals surface area (Å²) in [6.07, 6.45) is 1.09. The van der Waals surface area contributed by atoms with Crippen molar-refractivity contribution in [2.45, 2.75) is 0 Å². The Morgan fingerprint density at radius 2 is 1.92 bits per heavy atom. The number of carbonyl (C=O) groups is 2. The van der Waals surface area contributed by atoms with E-state index >= 15 is 0 Å². The fourth-order valence-corrected chi connectivity index (χ4v) is 0.260. The van der Waals surface area contributed by atoms with E-state index in [0.29, 0.717) is 0 Å². The molecular weight excluding hydrogens is 164 g/mol. The molecule has 0 aromatic carbocycles. The number of hydrogen-bond donors (Lipinski definition) is 0. The van der Waals surface area contributed by atoms with Gasteiger partial charge in [0.2, 0.25) is 0 Å². The largest absolute Gasteiger partial charge is 0.550 e.